The molecule has 2 fully saturated rings. The first-order valence-corrected chi connectivity index (χ1v) is 10.4. The minimum Gasteiger partial charge on any atom is -0.381 e. The van der Waals surface area contributed by atoms with Crippen molar-refractivity contribution in [1.29, 1.82) is 0 Å². The van der Waals surface area contributed by atoms with E-state index in [-0.39, 0.29) is 0 Å². The van der Waals surface area contributed by atoms with Gasteiger partial charge in [-0.3, -0.25) is 9.58 Å². The average molecular weight is 347 g/mol. The third-order valence-corrected chi connectivity index (χ3v) is 6.30. The van der Waals surface area contributed by atoms with E-state index >= 15 is 0 Å². The van der Waals surface area contributed by atoms with Crippen LogP contribution in [-0.4, -0.2) is 65.5 Å². The standard InChI is InChI=1S/C20H34N4O/c1-2-9-22(10-3-1)11-5-19-15-23(14-18-6-12-25-13-7-18)17-20-4-8-21-24(20)16-19/h4,8,18-19H,1-3,5-7,9-17H2. The first-order valence-electron chi connectivity index (χ1n) is 10.4. The molecule has 2 saturated heterocycles. The maximum Gasteiger partial charge on any atom is 0.0524 e. The van der Waals surface area contributed by atoms with Gasteiger partial charge < -0.3 is 9.64 Å². The molecule has 0 aliphatic carbocycles. The Balaban J connectivity index is 1.36. The normalized spacial score (nSPS) is 27.1. The highest BCUT2D eigenvalue weighted by Gasteiger charge is 2.25. The maximum absolute atomic E-state index is 5.55. The fourth-order valence-corrected chi connectivity index (χ4v) is 4.78. The lowest BCUT2D eigenvalue weighted by molar-refractivity contribution is 0.0489. The first-order chi connectivity index (χ1) is 12.4. The minimum absolute atomic E-state index is 0.725. The van der Waals surface area contributed by atoms with Crippen LogP contribution >= 0.6 is 0 Å². The molecule has 5 heteroatoms. The Bertz CT molecular complexity index is 520. The lowest BCUT2D eigenvalue weighted by Gasteiger charge is -2.31. The van der Waals surface area contributed by atoms with Crippen molar-refractivity contribution in [3.8, 4) is 0 Å². The zero-order chi connectivity index (χ0) is 16.9. The SMILES string of the molecule is c1cc2n(n1)CC(CCN1CCCCC1)CN(CC1CCOCC1)C2. The van der Waals surface area contributed by atoms with Gasteiger partial charge in [-0.25, -0.2) is 0 Å². The molecule has 0 saturated carbocycles. The van der Waals surface area contributed by atoms with Crippen LogP contribution in [0.5, 0.6) is 0 Å². The average Bonchev–Trinajstić information content (AvgIpc) is 3.01. The molecular formula is C20H34N4O. The molecule has 3 aliphatic heterocycles. The van der Waals surface area contributed by atoms with Gasteiger partial charge in [0.05, 0.1) is 5.69 Å². The highest BCUT2D eigenvalue weighted by atomic mass is 16.5. The van der Waals surface area contributed by atoms with Crippen LogP contribution in [0.2, 0.25) is 0 Å². The van der Waals surface area contributed by atoms with Crippen LogP contribution in [0.15, 0.2) is 12.3 Å². The van der Waals surface area contributed by atoms with E-state index in [9.17, 15) is 0 Å². The van der Waals surface area contributed by atoms with Crippen LogP contribution < -0.4 is 0 Å². The molecule has 0 aromatic carbocycles. The van der Waals surface area contributed by atoms with Crippen LogP contribution in [0.25, 0.3) is 0 Å². The summed E-state index contributed by atoms with van der Waals surface area (Å²) in [4.78, 5) is 5.39. The molecule has 1 atom stereocenters. The van der Waals surface area contributed by atoms with E-state index in [1.807, 2.05) is 6.20 Å². The number of ether oxygens (including phenoxy) is 1. The van der Waals surface area contributed by atoms with Crippen molar-refractivity contribution in [2.24, 2.45) is 11.8 Å². The number of nitrogens with zero attached hydrogens (tertiary/aromatic N) is 4. The highest BCUT2D eigenvalue weighted by Crippen LogP contribution is 2.23. The van der Waals surface area contributed by atoms with Gasteiger partial charge >= 0.3 is 0 Å². The third kappa shape index (κ3) is 4.83. The van der Waals surface area contributed by atoms with E-state index in [1.165, 1.54) is 76.9 Å². The Morgan fingerprint density at radius 3 is 2.68 bits per heavy atom. The van der Waals surface area contributed by atoms with Gasteiger partial charge in [0, 0.05) is 45.6 Å². The number of aromatic nitrogens is 2. The molecule has 25 heavy (non-hydrogen) atoms. The number of hydrogen-bond donors (Lipinski definition) is 0. The van der Waals surface area contributed by atoms with Gasteiger partial charge in [0.25, 0.3) is 0 Å². The Kier molecular flexibility index (Phi) is 6.06. The van der Waals surface area contributed by atoms with Gasteiger partial charge in [0.1, 0.15) is 0 Å². The van der Waals surface area contributed by atoms with E-state index in [2.05, 4.69) is 25.6 Å². The fraction of sp³-hybridized carbons (Fsp3) is 0.850. The molecule has 0 radical (unpaired) electrons. The van der Waals surface area contributed by atoms with E-state index in [0.29, 0.717) is 0 Å². The van der Waals surface area contributed by atoms with E-state index in [4.69, 9.17) is 4.74 Å². The van der Waals surface area contributed by atoms with Crippen LogP contribution in [-0.2, 0) is 17.8 Å². The van der Waals surface area contributed by atoms with Crippen LogP contribution in [0.1, 0.15) is 44.2 Å². The second-order valence-electron chi connectivity index (χ2n) is 8.31. The summed E-state index contributed by atoms with van der Waals surface area (Å²) < 4.78 is 7.81. The molecule has 5 nitrogen and oxygen atoms in total. The summed E-state index contributed by atoms with van der Waals surface area (Å²) in [5, 5.41) is 4.60. The summed E-state index contributed by atoms with van der Waals surface area (Å²) in [6, 6.07) is 2.21. The molecule has 140 valence electrons. The Labute approximate surface area is 152 Å². The third-order valence-electron chi connectivity index (χ3n) is 6.30. The minimum atomic E-state index is 0.725. The smallest absolute Gasteiger partial charge is 0.0524 e. The van der Waals surface area contributed by atoms with Crippen molar-refractivity contribution in [3.05, 3.63) is 18.0 Å². The molecule has 0 spiro atoms. The number of fused-ring (bicyclic) bond motifs is 1. The molecule has 4 heterocycles. The van der Waals surface area contributed by atoms with Gasteiger partial charge in [-0.2, -0.15) is 5.10 Å². The largest absolute Gasteiger partial charge is 0.381 e. The fourth-order valence-electron chi connectivity index (χ4n) is 4.78. The van der Waals surface area contributed by atoms with Crippen molar-refractivity contribution in [3.63, 3.8) is 0 Å². The molecule has 3 aliphatic rings. The lowest BCUT2D eigenvalue weighted by atomic mass is 9.98. The molecule has 1 aromatic rings. The van der Waals surface area contributed by atoms with Crippen molar-refractivity contribution in [1.82, 2.24) is 19.6 Å². The second-order valence-corrected chi connectivity index (χ2v) is 8.31. The Hall–Kier alpha value is -0.910. The summed E-state index contributed by atoms with van der Waals surface area (Å²) in [5.74, 6) is 1.54. The first kappa shape index (κ1) is 17.5. The van der Waals surface area contributed by atoms with Gasteiger partial charge in [0.15, 0.2) is 0 Å². The lowest BCUT2D eigenvalue weighted by Crippen LogP contribution is -2.36. The van der Waals surface area contributed by atoms with Crippen molar-refractivity contribution in [2.75, 3.05) is 45.9 Å². The molecule has 0 N–H and O–H groups in total. The number of likely N-dealkylation sites (tertiary alicyclic amines) is 1. The molecule has 1 unspecified atom stereocenters. The zero-order valence-electron chi connectivity index (χ0n) is 15.6. The number of rotatable bonds is 5. The number of piperidine rings is 1. The summed E-state index contributed by atoms with van der Waals surface area (Å²) in [6.45, 7) is 10.4. The molecule has 4 rings (SSSR count). The van der Waals surface area contributed by atoms with E-state index in [1.54, 1.807) is 0 Å². The zero-order valence-corrected chi connectivity index (χ0v) is 15.6. The monoisotopic (exact) mass is 346 g/mol. The number of hydrogen-bond acceptors (Lipinski definition) is 4. The van der Waals surface area contributed by atoms with E-state index < -0.39 is 0 Å². The molecule has 1 aromatic heterocycles. The summed E-state index contributed by atoms with van der Waals surface area (Å²) in [6.07, 6.45) is 9.96. The second kappa shape index (κ2) is 8.65. The quantitative estimate of drug-likeness (QED) is 0.821. The summed E-state index contributed by atoms with van der Waals surface area (Å²) in [7, 11) is 0. The molecular weight excluding hydrogens is 312 g/mol. The highest BCUT2D eigenvalue weighted by molar-refractivity contribution is 5.02. The Morgan fingerprint density at radius 1 is 1.00 bits per heavy atom. The van der Waals surface area contributed by atoms with Crippen LogP contribution in [0.4, 0.5) is 0 Å². The predicted octanol–water partition coefficient (Wildman–Crippen LogP) is 2.62. The van der Waals surface area contributed by atoms with E-state index in [0.717, 1.165) is 38.1 Å². The van der Waals surface area contributed by atoms with Gasteiger partial charge in [-0.15, -0.1) is 0 Å². The van der Waals surface area contributed by atoms with Crippen LogP contribution in [0.3, 0.4) is 0 Å². The maximum atomic E-state index is 5.55. The van der Waals surface area contributed by atoms with Crippen molar-refractivity contribution in [2.45, 2.75) is 51.6 Å². The topological polar surface area (TPSA) is 33.5 Å². The van der Waals surface area contributed by atoms with Crippen LogP contribution in [0, 0.1) is 11.8 Å². The molecule has 0 amide bonds. The van der Waals surface area contributed by atoms with Crippen molar-refractivity contribution < 1.29 is 4.74 Å². The molecule has 0 bridgehead atoms. The van der Waals surface area contributed by atoms with Gasteiger partial charge in [0.2, 0.25) is 0 Å². The summed E-state index contributed by atoms with van der Waals surface area (Å²) in [5.41, 5.74) is 1.40. The Morgan fingerprint density at radius 2 is 1.84 bits per heavy atom. The van der Waals surface area contributed by atoms with Crippen molar-refractivity contribution >= 4 is 0 Å². The predicted molar refractivity (Wildman–Crippen MR) is 99.4 cm³/mol. The van der Waals surface area contributed by atoms with Gasteiger partial charge in [-0.1, -0.05) is 6.42 Å². The van der Waals surface area contributed by atoms with Gasteiger partial charge in [-0.05, 0) is 69.6 Å². The summed E-state index contributed by atoms with van der Waals surface area (Å²) >= 11 is 0.